The van der Waals surface area contributed by atoms with Crippen LogP contribution in [0.3, 0.4) is 0 Å². The smallest absolute Gasteiger partial charge is 0.191 e. The second kappa shape index (κ2) is 9.61. The molecule has 0 aliphatic rings. The summed E-state index contributed by atoms with van der Waals surface area (Å²) in [7, 11) is 1.69. The van der Waals surface area contributed by atoms with E-state index in [0.717, 1.165) is 17.0 Å². The van der Waals surface area contributed by atoms with Crippen LogP contribution in [0.15, 0.2) is 33.8 Å². The Labute approximate surface area is 159 Å². The molecule has 0 aliphatic carbocycles. The van der Waals surface area contributed by atoms with Crippen molar-refractivity contribution in [2.75, 3.05) is 13.6 Å². The zero-order chi connectivity index (χ0) is 16.8. The molecule has 5 nitrogen and oxygen atoms in total. The van der Waals surface area contributed by atoms with Gasteiger partial charge in [0.1, 0.15) is 11.6 Å². The second-order valence-corrected chi connectivity index (χ2v) is 5.54. The Morgan fingerprint density at radius 3 is 2.58 bits per heavy atom. The Kier molecular flexibility index (Phi) is 8.17. The number of benzene rings is 1. The summed E-state index contributed by atoms with van der Waals surface area (Å²) in [6.07, 6.45) is 0. The van der Waals surface area contributed by atoms with Gasteiger partial charge in [-0.25, -0.2) is 4.39 Å². The number of hydrogen-bond donors (Lipinski definition) is 2. The van der Waals surface area contributed by atoms with Crippen LogP contribution in [0, 0.1) is 19.7 Å². The van der Waals surface area contributed by atoms with E-state index in [1.807, 2.05) is 19.9 Å². The third-order valence-electron chi connectivity index (χ3n) is 3.78. The number of nitrogens with one attached hydrogen (secondary N) is 2. The van der Waals surface area contributed by atoms with E-state index >= 15 is 0 Å². The van der Waals surface area contributed by atoms with Gasteiger partial charge in [0.15, 0.2) is 5.96 Å². The van der Waals surface area contributed by atoms with E-state index < -0.39 is 0 Å². The lowest BCUT2D eigenvalue weighted by Crippen LogP contribution is -2.38. The van der Waals surface area contributed by atoms with Gasteiger partial charge in [0.05, 0.1) is 5.69 Å². The molecular weight excluding hydrogens is 422 g/mol. The highest BCUT2D eigenvalue weighted by Crippen LogP contribution is 2.22. The van der Waals surface area contributed by atoms with Gasteiger partial charge in [0, 0.05) is 37.2 Å². The van der Waals surface area contributed by atoms with E-state index in [1.54, 1.807) is 19.2 Å². The molecule has 132 valence electrons. The quantitative estimate of drug-likeness (QED) is 0.419. The van der Waals surface area contributed by atoms with E-state index in [9.17, 15) is 4.39 Å². The molecule has 1 aromatic heterocycles. The summed E-state index contributed by atoms with van der Waals surface area (Å²) < 4.78 is 18.8. The van der Waals surface area contributed by atoms with Gasteiger partial charge in [-0.1, -0.05) is 30.3 Å². The number of guanidine groups is 1. The van der Waals surface area contributed by atoms with Gasteiger partial charge in [-0.15, -0.1) is 24.0 Å². The Hall–Kier alpha value is -1.64. The summed E-state index contributed by atoms with van der Waals surface area (Å²) >= 11 is 0. The van der Waals surface area contributed by atoms with Crippen molar-refractivity contribution in [3.63, 3.8) is 0 Å². The zero-order valence-corrected chi connectivity index (χ0v) is 16.7. The van der Waals surface area contributed by atoms with Gasteiger partial charge in [0.2, 0.25) is 0 Å². The number of aliphatic imine (C=N–C) groups is 1. The van der Waals surface area contributed by atoms with Crippen LogP contribution in [0.1, 0.15) is 35.4 Å². The lowest BCUT2D eigenvalue weighted by molar-refractivity contribution is 0.391. The number of hydrogen-bond acceptors (Lipinski definition) is 3. The molecule has 2 N–H and O–H groups in total. The van der Waals surface area contributed by atoms with Crippen molar-refractivity contribution in [1.29, 1.82) is 0 Å². The number of aryl methyl sites for hydroxylation is 2. The molecule has 0 fully saturated rings. The van der Waals surface area contributed by atoms with Crippen LogP contribution in [0.4, 0.5) is 4.39 Å². The fourth-order valence-electron chi connectivity index (χ4n) is 2.59. The molecular formula is C17H24FIN4O. The molecule has 0 radical (unpaired) electrons. The second-order valence-electron chi connectivity index (χ2n) is 5.54. The van der Waals surface area contributed by atoms with E-state index in [1.165, 1.54) is 6.07 Å². The monoisotopic (exact) mass is 446 g/mol. The van der Waals surface area contributed by atoms with Gasteiger partial charge < -0.3 is 15.2 Å². The normalized spacial score (nSPS) is 12.5. The van der Waals surface area contributed by atoms with Gasteiger partial charge in [0.25, 0.3) is 0 Å². The van der Waals surface area contributed by atoms with Crippen molar-refractivity contribution in [2.24, 2.45) is 4.99 Å². The Morgan fingerprint density at radius 1 is 1.29 bits per heavy atom. The number of aromatic nitrogens is 1. The van der Waals surface area contributed by atoms with Crippen molar-refractivity contribution in [3.05, 3.63) is 52.7 Å². The molecule has 0 saturated heterocycles. The van der Waals surface area contributed by atoms with Crippen LogP contribution < -0.4 is 10.6 Å². The van der Waals surface area contributed by atoms with Gasteiger partial charge in [-0.05, 0) is 19.9 Å². The lowest BCUT2D eigenvalue weighted by atomic mass is 10.00. The predicted molar refractivity (Wildman–Crippen MR) is 104 cm³/mol. The highest BCUT2D eigenvalue weighted by molar-refractivity contribution is 14.0. The number of rotatable bonds is 5. The summed E-state index contributed by atoms with van der Waals surface area (Å²) in [6, 6.07) is 6.70. The third-order valence-corrected chi connectivity index (χ3v) is 3.78. The molecule has 2 rings (SSSR count). The molecule has 0 amide bonds. The topological polar surface area (TPSA) is 62.5 Å². The first-order valence-electron chi connectivity index (χ1n) is 7.63. The van der Waals surface area contributed by atoms with Crippen molar-refractivity contribution < 1.29 is 8.91 Å². The molecule has 1 heterocycles. The summed E-state index contributed by atoms with van der Waals surface area (Å²) in [5.74, 6) is 1.48. The molecule has 0 aliphatic heterocycles. The standard InChI is InChI=1S/C17H23FN4O.HI/c1-11(16-12(2)22-23-13(16)3)9-20-17(19-4)21-10-14-7-5-6-8-15(14)18;/h5-8,11H,9-10H2,1-4H3,(H2,19,20,21);1H. The van der Waals surface area contributed by atoms with Crippen LogP contribution in [-0.2, 0) is 6.54 Å². The molecule has 7 heteroatoms. The SMILES string of the molecule is CN=C(NCc1ccccc1F)NCC(C)c1c(C)noc1C.I. The van der Waals surface area contributed by atoms with Crippen molar-refractivity contribution in [1.82, 2.24) is 15.8 Å². The minimum atomic E-state index is -0.223. The van der Waals surface area contributed by atoms with E-state index in [0.29, 0.717) is 24.6 Å². The molecule has 0 spiro atoms. The summed E-state index contributed by atoms with van der Waals surface area (Å²) in [5, 5.41) is 10.3. The zero-order valence-electron chi connectivity index (χ0n) is 14.4. The minimum absolute atomic E-state index is 0. The first-order valence-corrected chi connectivity index (χ1v) is 7.63. The molecule has 2 aromatic rings. The van der Waals surface area contributed by atoms with Crippen LogP contribution >= 0.6 is 24.0 Å². The Bertz CT molecular complexity index is 667. The van der Waals surface area contributed by atoms with E-state index in [4.69, 9.17) is 4.52 Å². The summed E-state index contributed by atoms with van der Waals surface area (Å²) in [6.45, 7) is 7.01. The first kappa shape index (κ1) is 20.4. The minimum Gasteiger partial charge on any atom is -0.361 e. The first-order chi connectivity index (χ1) is 11.0. The number of nitrogens with zero attached hydrogens (tertiary/aromatic N) is 2. The number of halogens is 2. The van der Waals surface area contributed by atoms with Crippen LogP contribution in [0.2, 0.25) is 0 Å². The molecule has 0 saturated carbocycles. The van der Waals surface area contributed by atoms with Gasteiger partial charge >= 0.3 is 0 Å². The molecule has 0 bridgehead atoms. The fraction of sp³-hybridized carbons (Fsp3) is 0.412. The Balaban J connectivity index is 0.00000288. The van der Waals surface area contributed by atoms with Crippen molar-refractivity contribution in [3.8, 4) is 0 Å². The predicted octanol–water partition coefficient (Wildman–Crippen LogP) is 3.52. The van der Waals surface area contributed by atoms with E-state index in [2.05, 4.69) is 27.7 Å². The van der Waals surface area contributed by atoms with Crippen LogP contribution in [0.25, 0.3) is 0 Å². The maximum atomic E-state index is 13.6. The van der Waals surface area contributed by atoms with Gasteiger partial charge in [-0.2, -0.15) is 0 Å². The van der Waals surface area contributed by atoms with Gasteiger partial charge in [-0.3, -0.25) is 4.99 Å². The third kappa shape index (κ3) is 5.19. The highest BCUT2D eigenvalue weighted by Gasteiger charge is 2.16. The highest BCUT2D eigenvalue weighted by atomic mass is 127. The fourth-order valence-corrected chi connectivity index (χ4v) is 2.59. The molecule has 1 unspecified atom stereocenters. The average Bonchev–Trinajstić information content (AvgIpc) is 2.87. The summed E-state index contributed by atoms with van der Waals surface area (Å²) in [5.41, 5.74) is 2.63. The average molecular weight is 446 g/mol. The largest absolute Gasteiger partial charge is 0.361 e. The molecule has 1 aromatic carbocycles. The van der Waals surface area contributed by atoms with Crippen molar-refractivity contribution >= 4 is 29.9 Å². The van der Waals surface area contributed by atoms with Crippen molar-refractivity contribution in [2.45, 2.75) is 33.2 Å². The lowest BCUT2D eigenvalue weighted by Gasteiger charge is -2.16. The molecule has 1 atom stereocenters. The summed E-state index contributed by atoms with van der Waals surface area (Å²) in [4.78, 5) is 4.16. The maximum absolute atomic E-state index is 13.6. The molecule has 24 heavy (non-hydrogen) atoms. The maximum Gasteiger partial charge on any atom is 0.191 e. The Morgan fingerprint density at radius 2 is 2.00 bits per heavy atom. The van der Waals surface area contributed by atoms with E-state index in [-0.39, 0.29) is 35.7 Å². The van der Waals surface area contributed by atoms with Crippen LogP contribution in [-0.4, -0.2) is 24.7 Å². The van der Waals surface area contributed by atoms with Crippen LogP contribution in [0.5, 0.6) is 0 Å².